The van der Waals surface area contributed by atoms with E-state index in [1.54, 1.807) is 0 Å². The number of nitrogens with one attached hydrogen (secondary N) is 1. The highest BCUT2D eigenvalue weighted by atomic mass is 35.5. The first-order chi connectivity index (χ1) is 14.3. The zero-order chi connectivity index (χ0) is 19.6. The van der Waals surface area contributed by atoms with Crippen molar-refractivity contribution in [3.05, 3.63) is 96.3 Å². The van der Waals surface area contributed by atoms with E-state index in [4.69, 9.17) is 16.6 Å². The maximum absolute atomic E-state index is 6.11. The van der Waals surface area contributed by atoms with Crippen LogP contribution in [0, 0.1) is 0 Å². The van der Waals surface area contributed by atoms with Crippen molar-refractivity contribution in [3.8, 4) is 39.9 Å². The zero-order valence-electron chi connectivity index (χ0n) is 15.3. The molecule has 0 unspecified atom stereocenters. The topological polar surface area (TPSA) is 59.4 Å². The number of hydrogen-bond donors (Lipinski definition) is 1. The monoisotopic (exact) mass is 397 g/mol. The average molecular weight is 398 g/mol. The molecular formula is C23H16ClN5. The lowest BCUT2D eigenvalue weighted by Crippen LogP contribution is -2.02. The van der Waals surface area contributed by atoms with Crippen LogP contribution in [0.2, 0.25) is 5.02 Å². The van der Waals surface area contributed by atoms with Crippen LogP contribution in [0.3, 0.4) is 0 Å². The Hall–Kier alpha value is -3.70. The molecule has 0 saturated heterocycles. The second-order valence-electron chi connectivity index (χ2n) is 6.52. The van der Waals surface area contributed by atoms with Gasteiger partial charge in [-0.3, -0.25) is 4.57 Å². The first-order valence-electron chi connectivity index (χ1n) is 9.16. The molecule has 5 aromatic rings. The highest BCUT2D eigenvalue weighted by Gasteiger charge is 2.23. The Kier molecular flexibility index (Phi) is 4.42. The van der Waals surface area contributed by atoms with Gasteiger partial charge in [0.2, 0.25) is 5.95 Å². The van der Waals surface area contributed by atoms with E-state index in [9.17, 15) is 0 Å². The van der Waals surface area contributed by atoms with E-state index in [2.05, 4.69) is 39.4 Å². The fraction of sp³-hybridized carbons (Fsp3) is 0. The molecule has 140 valence electrons. The second-order valence-corrected chi connectivity index (χ2v) is 6.95. The minimum absolute atomic E-state index is 0.600. The molecule has 6 heteroatoms. The summed E-state index contributed by atoms with van der Waals surface area (Å²) in [4.78, 5) is 9.46. The number of rotatable bonds is 4. The van der Waals surface area contributed by atoms with Crippen molar-refractivity contribution in [2.24, 2.45) is 0 Å². The Labute approximate surface area is 172 Å². The van der Waals surface area contributed by atoms with Gasteiger partial charge in [0.15, 0.2) is 0 Å². The molecule has 1 N–H and O–H groups in total. The summed E-state index contributed by atoms with van der Waals surface area (Å²) in [7, 11) is 0. The predicted molar refractivity (Wildman–Crippen MR) is 115 cm³/mol. The normalized spacial score (nSPS) is 10.9. The summed E-state index contributed by atoms with van der Waals surface area (Å²) >= 11 is 6.11. The smallest absolute Gasteiger partial charge is 0.231 e. The van der Waals surface area contributed by atoms with E-state index in [-0.39, 0.29) is 0 Å². The molecule has 5 rings (SSSR count). The van der Waals surface area contributed by atoms with Gasteiger partial charge in [-0.1, -0.05) is 72.3 Å². The Bertz CT molecular complexity index is 1230. The van der Waals surface area contributed by atoms with Gasteiger partial charge in [0.25, 0.3) is 0 Å². The minimum Gasteiger partial charge on any atom is -0.260 e. The molecule has 5 nitrogen and oxygen atoms in total. The third-order valence-electron chi connectivity index (χ3n) is 4.69. The number of aromatic amines is 1. The second kappa shape index (κ2) is 7.37. The molecule has 0 bridgehead atoms. The lowest BCUT2D eigenvalue weighted by molar-refractivity contribution is 0.944. The summed E-state index contributed by atoms with van der Waals surface area (Å²) in [5, 5.41) is 7.72. The van der Waals surface area contributed by atoms with E-state index in [0.29, 0.717) is 11.0 Å². The molecular weight excluding hydrogens is 382 g/mol. The van der Waals surface area contributed by atoms with Crippen LogP contribution in [-0.4, -0.2) is 24.7 Å². The van der Waals surface area contributed by atoms with Crippen molar-refractivity contribution in [1.29, 1.82) is 0 Å². The maximum Gasteiger partial charge on any atom is 0.231 e. The number of imidazole rings is 1. The van der Waals surface area contributed by atoms with Crippen molar-refractivity contribution in [1.82, 2.24) is 24.7 Å². The number of benzene rings is 3. The standard InChI is InChI=1S/C23H16ClN5/c24-19-13-11-18(12-14-19)22-27-20(16-7-3-1-4-8-16)21(17-9-5-2-6-10-17)29(22)23-25-15-26-28-23/h1-15H,(H,25,26,28). The first-order valence-corrected chi connectivity index (χ1v) is 9.54. The molecule has 3 aromatic carbocycles. The van der Waals surface area contributed by atoms with Crippen LogP contribution >= 0.6 is 11.6 Å². The maximum atomic E-state index is 6.11. The summed E-state index contributed by atoms with van der Waals surface area (Å²) in [6, 6.07) is 28.0. The minimum atomic E-state index is 0.600. The van der Waals surface area contributed by atoms with Crippen LogP contribution < -0.4 is 0 Å². The fourth-order valence-corrected chi connectivity index (χ4v) is 3.51. The number of H-pyrrole nitrogens is 1. The Morgan fingerprint density at radius 1 is 0.724 bits per heavy atom. The lowest BCUT2D eigenvalue weighted by Gasteiger charge is -2.10. The summed E-state index contributed by atoms with van der Waals surface area (Å²) in [5.41, 5.74) is 4.82. The van der Waals surface area contributed by atoms with Crippen LogP contribution in [0.4, 0.5) is 0 Å². The fourth-order valence-electron chi connectivity index (χ4n) is 3.39. The number of halogens is 1. The molecule has 0 radical (unpaired) electrons. The summed E-state index contributed by atoms with van der Waals surface area (Å²) in [5.74, 6) is 1.36. The van der Waals surface area contributed by atoms with E-state index in [1.165, 1.54) is 6.33 Å². The van der Waals surface area contributed by atoms with Gasteiger partial charge < -0.3 is 0 Å². The number of nitrogens with zero attached hydrogens (tertiary/aromatic N) is 4. The van der Waals surface area contributed by atoms with Crippen LogP contribution in [0.15, 0.2) is 91.3 Å². The Balaban J connectivity index is 1.87. The SMILES string of the molecule is Clc1ccc(-c2nc(-c3ccccc3)c(-c3ccccc3)n2-c2ncn[nH]2)cc1. The van der Waals surface area contributed by atoms with Gasteiger partial charge in [-0.05, 0) is 24.3 Å². The van der Waals surface area contributed by atoms with Gasteiger partial charge in [-0.15, -0.1) is 0 Å². The zero-order valence-corrected chi connectivity index (χ0v) is 16.1. The van der Waals surface area contributed by atoms with E-state index >= 15 is 0 Å². The highest BCUT2D eigenvalue weighted by Crippen LogP contribution is 2.37. The van der Waals surface area contributed by atoms with Crippen molar-refractivity contribution >= 4 is 11.6 Å². The molecule has 2 aromatic heterocycles. The van der Waals surface area contributed by atoms with Crippen LogP contribution in [0.1, 0.15) is 0 Å². The van der Waals surface area contributed by atoms with Gasteiger partial charge in [0, 0.05) is 21.7 Å². The molecule has 2 heterocycles. The van der Waals surface area contributed by atoms with Crippen molar-refractivity contribution in [2.45, 2.75) is 0 Å². The van der Waals surface area contributed by atoms with Crippen LogP contribution in [0.5, 0.6) is 0 Å². The molecule has 0 amide bonds. The van der Waals surface area contributed by atoms with E-state index < -0.39 is 0 Å². The number of hydrogen-bond acceptors (Lipinski definition) is 3. The molecule has 0 fully saturated rings. The molecule has 0 spiro atoms. The van der Waals surface area contributed by atoms with Crippen LogP contribution in [0.25, 0.3) is 39.9 Å². The van der Waals surface area contributed by atoms with Gasteiger partial charge in [0.1, 0.15) is 12.2 Å². The third-order valence-corrected chi connectivity index (χ3v) is 4.94. The van der Waals surface area contributed by atoms with Gasteiger partial charge in [-0.25, -0.2) is 10.1 Å². The van der Waals surface area contributed by atoms with E-state index in [1.807, 2.05) is 65.2 Å². The molecule has 0 atom stereocenters. The molecule has 0 aliphatic heterocycles. The van der Waals surface area contributed by atoms with Crippen LogP contribution in [-0.2, 0) is 0 Å². The van der Waals surface area contributed by atoms with Gasteiger partial charge >= 0.3 is 0 Å². The molecule has 29 heavy (non-hydrogen) atoms. The third kappa shape index (κ3) is 3.22. The summed E-state index contributed by atoms with van der Waals surface area (Å²) < 4.78 is 2.01. The number of aromatic nitrogens is 5. The Morgan fingerprint density at radius 3 is 2.00 bits per heavy atom. The molecule has 0 aliphatic carbocycles. The Morgan fingerprint density at radius 2 is 1.38 bits per heavy atom. The predicted octanol–water partition coefficient (Wildman–Crippen LogP) is 5.64. The van der Waals surface area contributed by atoms with Crippen molar-refractivity contribution < 1.29 is 0 Å². The molecule has 0 saturated carbocycles. The highest BCUT2D eigenvalue weighted by molar-refractivity contribution is 6.30. The van der Waals surface area contributed by atoms with Crippen molar-refractivity contribution in [3.63, 3.8) is 0 Å². The summed E-state index contributed by atoms with van der Waals surface area (Å²) in [6.45, 7) is 0. The van der Waals surface area contributed by atoms with Gasteiger partial charge in [0.05, 0.1) is 11.4 Å². The average Bonchev–Trinajstić information content (AvgIpc) is 3.43. The van der Waals surface area contributed by atoms with Crippen molar-refractivity contribution in [2.75, 3.05) is 0 Å². The quantitative estimate of drug-likeness (QED) is 0.426. The lowest BCUT2D eigenvalue weighted by atomic mass is 10.0. The van der Waals surface area contributed by atoms with Gasteiger partial charge in [-0.2, -0.15) is 10.1 Å². The summed E-state index contributed by atoms with van der Waals surface area (Å²) in [6.07, 6.45) is 1.50. The first kappa shape index (κ1) is 17.4. The van der Waals surface area contributed by atoms with E-state index in [0.717, 1.165) is 33.9 Å². The largest absolute Gasteiger partial charge is 0.260 e. The molecule has 0 aliphatic rings.